The molecule has 1 aromatic carbocycles. The van der Waals surface area contributed by atoms with Gasteiger partial charge in [-0.2, -0.15) is 5.26 Å². The van der Waals surface area contributed by atoms with Crippen LogP contribution in [0.5, 0.6) is 5.75 Å². The molecule has 0 aliphatic carbocycles. The second-order valence-corrected chi connectivity index (χ2v) is 6.59. The largest absolute Gasteiger partial charge is 0.497 e. The van der Waals surface area contributed by atoms with E-state index in [1.54, 1.807) is 13.3 Å². The highest BCUT2D eigenvalue weighted by Crippen LogP contribution is 2.22. The lowest BCUT2D eigenvalue weighted by atomic mass is 10.1. The van der Waals surface area contributed by atoms with Crippen molar-refractivity contribution in [3.05, 3.63) is 45.9 Å². The number of benzene rings is 1. The maximum Gasteiger partial charge on any atom is 0.133 e. The molecular formula is C18H22N4OS. The Bertz CT molecular complexity index is 715. The lowest BCUT2D eigenvalue weighted by molar-refractivity contribution is 0.306. The molecule has 0 fully saturated rings. The molecule has 0 aliphatic rings. The number of aryl methyl sites for hydroxylation is 1. The van der Waals surface area contributed by atoms with E-state index in [9.17, 15) is 5.26 Å². The number of nitriles is 1. The molecule has 1 heterocycles. The zero-order chi connectivity index (χ0) is 17.5. The number of methoxy groups -OCH3 is 1. The number of thiazole rings is 1. The van der Waals surface area contributed by atoms with Gasteiger partial charge in [-0.25, -0.2) is 4.98 Å². The number of aromatic nitrogens is 1. The third-order valence-corrected chi connectivity index (χ3v) is 4.74. The van der Waals surface area contributed by atoms with Gasteiger partial charge in [0.15, 0.2) is 0 Å². The average molecular weight is 342 g/mol. The maximum absolute atomic E-state index is 9.34. The number of likely N-dealkylation sites (N-methyl/N-ethyl adjacent to an activating group) is 1. The summed E-state index contributed by atoms with van der Waals surface area (Å²) in [5.74, 6) is 0.450. The first-order chi connectivity index (χ1) is 11.5. The third-order valence-electron chi connectivity index (χ3n) is 3.70. The van der Waals surface area contributed by atoms with Gasteiger partial charge in [0.05, 0.1) is 25.8 Å². The van der Waals surface area contributed by atoms with E-state index in [1.165, 1.54) is 11.3 Å². The van der Waals surface area contributed by atoms with Gasteiger partial charge in [-0.3, -0.25) is 4.99 Å². The molecule has 2 rings (SSSR count). The van der Waals surface area contributed by atoms with Crippen molar-refractivity contribution in [1.82, 2.24) is 9.88 Å². The molecule has 126 valence electrons. The summed E-state index contributed by atoms with van der Waals surface area (Å²) in [6, 6.07) is 10.4. The maximum atomic E-state index is 9.34. The van der Waals surface area contributed by atoms with Crippen LogP contribution in [-0.2, 0) is 0 Å². The Balaban J connectivity index is 2.08. The van der Waals surface area contributed by atoms with Crippen LogP contribution >= 0.6 is 11.3 Å². The fraction of sp³-hybridized carbons (Fsp3) is 0.389. The number of nitrogens with zero attached hydrogens (tertiary/aromatic N) is 4. The molecule has 0 N–H and O–H groups in total. The Labute approximate surface area is 147 Å². The average Bonchev–Trinajstić information content (AvgIpc) is 3.01. The fourth-order valence-corrected chi connectivity index (χ4v) is 3.13. The molecule has 0 spiro atoms. The van der Waals surface area contributed by atoms with Crippen LogP contribution in [-0.4, -0.2) is 43.8 Å². The van der Waals surface area contributed by atoms with Crippen LogP contribution in [0.4, 0.5) is 0 Å². The van der Waals surface area contributed by atoms with Crippen LogP contribution in [0.25, 0.3) is 0 Å². The number of hydrogen-bond acceptors (Lipinski definition) is 6. The van der Waals surface area contributed by atoms with E-state index in [-0.39, 0.29) is 12.0 Å². The molecule has 5 nitrogen and oxygen atoms in total. The van der Waals surface area contributed by atoms with Gasteiger partial charge in [0.2, 0.25) is 0 Å². The van der Waals surface area contributed by atoms with Crippen LogP contribution in [0.3, 0.4) is 0 Å². The van der Waals surface area contributed by atoms with Crippen molar-refractivity contribution in [2.24, 2.45) is 4.99 Å². The van der Waals surface area contributed by atoms with Gasteiger partial charge in [-0.05, 0) is 38.7 Å². The highest BCUT2D eigenvalue weighted by molar-refractivity contribution is 7.09. The molecule has 24 heavy (non-hydrogen) atoms. The van der Waals surface area contributed by atoms with Crippen LogP contribution in [0, 0.1) is 18.3 Å². The van der Waals surface area contributed by atoms with Crippen molar-refractivity contribution < 1.29 is 4.74 Å². The van der Waals surface area contributed by atoms with Crippen molar-refractivity contribution >= 4 is 17.6 Å². The summed E-state index contributed by atoms with van der Waals surface area (Å²) < 4.78 is 5.20. The molecule has 6 heteroatoms. The Morgan fingerprint density at radius 2 is 2.08 bits per heavy atom. The minimum Gasteiger partial charge on any atom is -0.497 e. The van der Waals surface area contributed by atoms with Crippen LogP contribution < -0.4 is 4.74 Å². The molecule has 0 saturated carbocycles. The summed E-state index contributed by atoms with van der Waals surface area (Å²) in [7, 11) is 5.71. The standard InChI is InChI=1S/C18H22N4OS/c1-13-12-24-18(21-13)15(9-19)10-20-11-17(22(2)3)14-5-7-16(23-4)8-6-14/h5-8,10,12,15,17H,11H2,1-4H3/t15-,17+/m1/s1. The molecule has 0 unspecified atom stereocenters. The third kappa shape index (κ3) is 4.63. The molecule has 1 aromatic heterocycles. The van der Waals surface area contributed by atoms with E-state index in [1.807, 2.05) is 50.7 Å². The van der Waals surface area contributed by atoms with E-state index in [0.29, 0.717) is 6.54 Å². The highest BCUT2D eigenvalue weighted by atomic mass is 32.1. The second kappa shape index (κ2) is 8.57. The normalized spacial score (nSPS) is 13.8. The summed E-state index contributed by atoms with van der Waals surface area (Å²) in [6.07, 6.45) is 1.71. The quantitative estimate of drug-likeness (QED) is 0.723. The van der Waals surface area contributed by atoms with Gasteiger partial charge in [0.25, 0.3) is 0 Å². The van der Waals surface area contributed by atoms with Crippen LogP contribution in [0.1, 0.15) is 28.2 Å². The van der Waals surface area contributed by atoms with Gasteiger partial charge in [-0.15, -0.1) is 11.3 Å². The lowest BCUT2D eigenvalue weighted by Crippen LogP contribution is -2.22. The van der Waals surface area contributed by atoms with Crippen molar-refractivity contribution in [2.45, 2.75) is 18.9 Å². The molecule has 0 bridgehead atoms. The van der Waals surface area contributed by atoms with Crippen molar-refractivity contribution in [3.8, 4) is 11.8 Å². The SMILES string of the molecule is COc1ccc([C@H](CN=C[C@@H](C#N)c2nc(C)cs2)N(C)C)cc1. The molecule has 0 radical (unpaired) electrons. The zero-order valence-corrected chi connectivity index (χ0v) is 15.2. The number of aliphatic imine (C=N–C) groups is 1. The minimum absolute atomic E-state index is 0.143. The Hall–Kier alpha value is -2.23. The van der Waals surface area contributed by atoms with E-state index in [2.05, 4.69) is 20.9 Å². The Kier molecular flexibility index (Phi) is 6.47. The molecule has 0 aliphatic heterocycles. The Morgan fingerprint density at radius 3 is 2.58 bits per heavy atom. The highest BCUT2D eigenvalue weighted by Gasteiger charge is 2.15. The lowest BCUT2D eigenvalue weighted by Gasteiger charge is -2.23. The molecule has 2 atom stereocenters. The van der Waals surface area contributed by atoms with Crippen molar-refractivity contribution in [1.29, 1.82) is 5.26 Å². The topological polar surface area (TPSA) is 61.5 Å². The van der Waals surface area contributed by atoms with Gasteiger partial charge in [0.1, 0.15) is 16.7 Å². The summed E-state index contributed by atoms with van der Waals surface area (Å²) in [6.45, 7) is 2.51. The monoisotopic (exact) mass is 342 g/mol. The van der Waals surface area contributed by atoms with Gasteiger partial charge in [-0.1, -0.05) is 12.1 Å². The molecule has 2 aromatic rings. The predicted octanol–water partition coefficient (Wildman–Crippen LogP) is 3.44. The van der Waals surface area contributed by atoms with Crippen LogP contribution in [0.15, 0.2) is 34.6 Å². The predicted molar refractivity (Wildman–Crippen MR) is 98.0 cm³/mol. The number of rotatable bonds is 7. The van der Waals surface area contributed by atoms with Crippen molar-refractivity contribution in [2.75, 3.05) is 27.7 Å². The number of ether oxygens (including phenoxy) is 1. The molecule has 0 saturated heterocycles. The van der Waals surface area contributed by atoms with Gasteiger partial charge >= 0.3 is 0 Å². The van der Waals surface area contributed by atoms with E-state index >= 15 is 0 Å². The van der Waals surface area contributed by atoms with Crippen LogP contribution in [0.2, 0.25) is 0 Å². The Morgan fingerprint density at radius 1 is 1.38 bits per heavy atom. The van der Waals surface area contributed by atoms with Gasteiger partial charge in [0, 0.05) is 17.3 Å². The van der Waals surface area contributed by atoms with E-state index in [4.69, 9.17) is 4.74 Å². The first-order valence-electron chi connectivity index (χ1n) is 7.67. The number of hydrogen-bond donors (Lipinski definition) is 0. The van der Waals surface area contributed by atoms with E-state index < -0.39 is 0 Å². The summed E-state index contributed by atoms with van der Waals surface area (Å²) >= 11 is 1.50. The minimum atomic E-state index is -0.387. The summed E-state index contributed by atoms with van der Waals surface area (Å²) in [5.41, 5.74) is 2.10. The van der Waals surface area contributed by atoms with Crippen molar-refractivity contribution in [3.63, 3.8) is 0 Å². The van der Waals surface area contributed by atoms with Gasteiger partial charge < -0.3 is 9.64 Å². The molecular weight excluding hydrogens is 320 g/mol. The summed E-state index contributed by atoms with van der Waals surface area (Å²) in [5, 5.41) is 12.1. The first kappa shape index (κ1) is 18.1. The second-order valence-electron chi connectivity index (χ2n) is 5.70. The summed E-state index contributed by atoms with van der Waals surface area (Å²) in [4.78, 5) is 11.0. The van der Waals surface area contributed by atoms with E-state index in [0.717, 1.165) is 22.0 Å². The first-order valence-corrected chi connectivity index (χ1v) is 8.55. The fourth-order valence-electron chi connectivity index (χ4n) is 2.33. The zero-order valence-electron chi connectivity index (χ0n) is 14.4. The molecule has 0 amide bonds. The smallest absolute Gasteiger partial charge is 0.133 e.